The molecule has 0 aliphatic carbocycles. The first-order valence-corrected chi connectivity index (χ1v) is 5.21. The van der Waals surface area contributed by atoms with E-state index in [1.807, 2.05) is 48.6 Å². The third-order valence-corrected chi connectivity index (χ3v) is 2.32. The first-order chi connectivity index (χ1) is 7.90. The number of hydrogen-bond acceptors (Lipinski definition) is 1. The Morgan fingerprint density at radius 1 is 1.00 bits per heavy atom. The SMILES string of the molecule is C=C/C(=C\c1ccccn1)c1ccccc1. The Labute approximate surface area is 95.8 Å². The van der Waals surface area contributed by atoms with Gasteiger partial charge in [-0.2, -0.15) is 0 Å². The molecule has 16 heavy (non-hydrogen) atoms. The Bertz CT molecular complexity index is 483. The third kappa shape index (κ3) is 2.45. The minimum absolute atomic E-state index is 0.946. The topological polar surface area (TPSA) is 12.9 Å². The van der Waals surface area contributed by atoms with E-state index in [9.17, 15) is 0 Å². The van der Waals surface area contributed by atoms with Crippen LogP contribution in [0.15, 0.2) is 67.4 Å². The van der Waals surface area contributed by atoms with Crippen molar-refractivity contribution in [3.05, 3.63) is 78.6 Å². The van der Waals surface area contributed by atoms with Gasteiger partial charge in [0.15, 0.2) is 0 Å². The van der Waals surface area contributed by atoms with Crippen molar-refractivity contribution in [1.29, 1.82) is 0 Å². The number of pyridine rings is 1. The molecule has 2 rings (SSSR count). The van der Waals surface area contributed by atoms with Gasteiger partial charge in [-0.25, -0.2) is 0 Å². The molecule has 0 radical (unpaired) electrons. The van der Waals surface area contributed by atoms with E-state index in [1.54, 1.807) is 6.20 Å². The van der Waals surface area contributed by atoms with Gasteiger partial charge in [0.1, 0.15) is 0 Å². The Hall–Kier alpha value is -2.15. The van der Waals surface area contributed by atoms with E-state index in [4.69, 9.17) is 0 Å². The lowest BCUT2D eigenvalue weighted by Crippen LogP contribution is -1.82. The number of allylic oxidation sites excluding steroid dienone is 2. The van der Waals surface area contributed by atoms with Gasteiger partial charge in [0.25, 0.3) is 0 Å². The van der Waals surface area contributed by atoms with Crippen molar-refractivity contribution in [2.24, 2.45) is 0 Å². The van der Waals surface area contributed by atoms with Gasteiger partial charge < -0.3 is 0 Å². The van der Waals surface area contributed by atoms with Gasteiger partial charge in [-0.1, -0.05) is 49.1 Å². The number of benzene rings is 1. The van der Waals surface area contributed by atoms with Crippen LogP contribution in [0.4, 0.5) is 0 Å². The average molecular weight is 207 g/mol. The average Bonchev–Trinajstić information content (AvgIpc) is 2.38. The monoisotopic (exact) mass is 207 g/mol. The number of aromatic nitrogens is 1. The van der Waals surface area contributed by atoms with Gasteiger partial charge in [-0.15, -0.1) is 0 Å². The molecule has 0 amide bonds. The van der Waals surface area contributed by atoms with Crippen LogP contribution in [0.1, 0.15) is 11.3 Å². The standard InChI is InChI=1S/C15H13N/c1-2-13(14-8-4-3-5-9-14)12-15-10-6-7-11-16-15/h2-12H,1H2/b13-12+. The normalized spacial score (nSPS) is 11.1. The van der Waals surface area contributed by atoms with Crippen LogP contribution in [0.5, 0.6) is 0 Å². The zero-order valence-corrected chi connectivity index (χ0v) is 9.01. The molecule has 1 nitrogen and oxygen atoms in total. The molecule has 0 saturated carbocycles. The zero-order valence-electron chi connectivity index (χ0n) is 9.01. The molecule has 1 heterocycles. The molecule has 0 unspecified atom stereocenters. The van der Waals surface area contributed by atoms with Gasteiger partial charge in [0.2, 0.25) is 0 Å². The molecule has 1 aromatic heterocycles. The molecule has 0 N–H and O–H groups in total. The smallest absolute Gasteiger partial charge is 0.0635 e. The van der Waals surface area contributed by atoms with Crippen molar-refractivity contribution in [2.75, 3.05) is 0 Å². The van der Waals surface area contributed by atoms with Crippen molar-refractivity contribution < 1.29 is 0 Å². The van der Waals surface area contributed by atoms with Crippen LogP contribution >= 0.6 is 0 Å². The fourth-order valence-electron chi connectivity index (χ4n) is 1.51. The van der Waals surface area contributed by atoms with Crippen LogP contribution in [-0.2, 0) is 0 Å². The van der Waals surface area contributed by atoms with Crippen molar-refractivity contribution in [2.45, 2.75) is 0 Å². The molecule has 0 aliphatic heterocycles. The van der Waals surface area contributed by atoms with E-state index in [2.05, 4.69) is 23.7 Å². The van der Waals surface area contributed by atoms with E-state index >= 15 is 0 Å². The Balaban J connectivity index is 2.38. The maximum absolute atomic E-state index is 4.27. The zero-order chi connectivity index (χ0) is 11.2. The van der Waals surface area contributed by atoms with Gasteiger partial charge in [-0.05, 0) is 29.3 Å². The summed E-state index contributed by atoms with van der Waals surface area (Å²) in [6.07, 6.45) is 5.67. The van der Waals surface area contributed by atoms with Crippen LogP contribution in [-0.4, -0.2) is 4.98 Å². The predicted octanol–water partition coefficient (Wildman–Crippen LogP) is 3.81. The second-order valence-electron chi connectivity index (χ2n) is 3.42. The third-order valence-electron chi connectivity index (χ3n) is 2.32. The highest BCUT2D eigenvalue weighted by atomic mass is 14.6. The van der Waals surface area contributed by atoms with Gasteiger partial charge >= 0.3 is 0 Å². The molecule has 0 aliphatic rings. The largest absolute Gasteiger partial charge is 0.257 e. The lowest BCUT2D eigenvalue weighted by Gasteiger charge is -2.01. The molecule has 1 heteroatoms. The second-order valence-corrected chi connectivity index (χ2v) is 3.42. The van der Waals surface area contributed by atoms with E-state index in [0.717, 1.165) is 16.8 Å². The second kappa shape index (κ2) is 5.08. The van der Waals surface area contributed by atoms with Crippen LogP contribution in [0.2, 0.25) is 0 Å². The summed E-state index contributed by atoms with van der Waals surface area (Å²) in [5.41, 5.74) is 3.18. The molecular weight excluding hydrogens is 194 g/mol. The quantitative estimate of drug-likeness (QED) is 0.697. The minimum Gasteiger partial charge on any atom is -0.257 e. The summed E-state index contributed by atoms with van der Waals surface area (Å²) in [4.78, 5) is 4.27. The lowest BCUT2D eigenvalue weighted by atomic mass is 10.0. The van der Waals surface area contributed by atoms with Crippen LogP contribution in [0, 0.1) is 0 Å². The fourth-order valence-corrected chi connectivity index (χ4v) is 1.51. The number of rotatable bonds is 3. The Morgan fingerprint density at radius 3 is 2.38 bits per heavy atom. The summed E-state index contributed by atoms with van der Waals surface area (Å²) in [6.45, 7) is 3.84. The van der Waals surface area contributed by atoms with Crippen molar-refractivity contribution in [1.82, 2.24) is 4.98 Å². The highest BCUT2D eigenvalue weighted by molar-refractivity contribution is 5.86. The molecule has 0 bridgehead atoms. The van der Waals surface area contributed by atoms with Crippen LogP contribution in [0.3, 0.4) is 0 Å². The highest BCUT2D eigenvalue weighted by Crippen LogP contribution is 2.17. The van der Waals surface area contributed by atoms with Crippen molar-refractivity contribution in [3.8, 4) is 0 Å². The van der Waals surface area contributed by atoms with E-state index in [0.29, 0.717) is 0 Å². The van der Waals surface area contributed by atoms with Crippen molar-refractivity contribution >= 4 is 11.6 Å². The first kappa shape index (κ1) is 10.4. The Kier molecular flexibility index (Phi) is 3.29. The lowest BCUT2D eigenvalue weighted by molar-refractivity contribution is 1.30. The number of nitrogens with zero attached hydrogens (tertiary/aromatic N) is 1. The fraction of sp³-hybridized carbons (Fsp3) is 0. The maximum Gasteiger partial charge on any atom is 0.0635 e. The van der Waals surface area contributed by atoms with E-state index in [-0.39, 0.29) is 0 Å². The molecule has 1 aromatic carbocycles. The molecule has 2 aromatic rings. The minimum atomic E-state index is 0.946. The van der Waals surface area contributed by atoms with Gasteiger partial charge in [-0.3, -0.25) is 4.98 Å². The molecule has 78 valence electrons. The Morgan fingerprint density at radius 2 is 1.75 bits per heavy atom. The van der Waals surface area contributed by atoms with Crippen LogP contribution < -0.4 is 0 Å². The molecular formula is C15H13N. The summed E-state index contributed by atoms with van der Waals surface area (Å²) in [5, 5.41) is 0. The summed E-state index contributed by atoms with van der Waals surface area (Å²) >= 11 is 0. The van der Waals surface area contributed by atoms with Gasteiger partial charge in [0, 0.05) is 6.20 Å². The molecule has 0 spiro atoms. The predicted molar refractivity (Wildman–Crippen MR) is 68.7 cm³/mol. The van der Waals surface area contributed by atoms with Gasteiger partial charge in [0.05, 0.1) is 5.69 Å². The van der Waals surface area contributed by atoms with Crippen molar-refractivity contribution in [3.63, 3.8) is 0 Å². The molecule has 0 saturated heterocycles. The van der Waals surface area contributed by atoms with E-state index in [1.165, 1.54) is 0 Å². The summed E-state index contributed by atoms with van der Waals surface area (Å²) in [6, 6.07) is 16.0. The molecule has 0 fully saturated rings. The molecule has 0 atom stereocenters. The summed E-state index contributed by atoms with van der Waals surface area (Å²) in [7, 11) is 0. The van der Waals surface area contributed by atoms with Crippen LogP contribution in [0.25, 0.3) is 11.6 Å². The number of hydrogen-bond donors (Lipinski definition) is 0. The first-order valence-electron chi connectivity index (χ1n) is 5.21. The summed E-state index contributed by atoms with van der Waals surface area (Å²) in [5.74, 6) is 0. The maximum atomic E-state index is 4.27. The highest BCUT2D eigenvalue weighted by Gasteiger charge is 1.96. The summed E-state index contributed by atoms with van der Waals surface area (Å²) < 4.78 is 0. The van der Waals surface area contributed by atoms with E-state index < -0.39 is 0 Å².